The number of amides is 1. The molecule has 1 aliphatic rings. The van der Waals surface area contributed by atoms with Crippen LogP contribution < -0.4 is 20.3 Å². The monoisotopic (exact) mass is 522 g/mol. The van der Waals surface area contributed by atoms with Gasteiger partial charge in [0.2, 0.25) is 5.91 Å². The molecule has 5 rings (SSSR count). The van der Waals surface area contributed by atoms with Crippen LogP contribution in [0.4, 0.5) is 5.69 Å². The summed E-state index contributed by atoms with van der Waals surface area (Å²) in [5, 5.41) is 9.33. The molecule has 0 aliphatic carbocycles. The Hall–Kier alpha value is -3.87. The molecule has 2 N–H and O–H groups in total. The van der Waals surface area contributed by atoms with E-state index in [9.17, 15) is 4.79 Å². The highest BCUT2D eigenvalue weighted by molar-refractivity contribution is 5.83. The van der Waals surface area contributed by atoms with Gasteiger partial charge in [0, 0.05) is 56.6 Å². The Bertz CT molecular complexity index is 1350. The Morgan fingerprint density at radius 2 is 1.56 bits per heavy atom. The van der Waals surface area contributed by atoms with Crippen molar-refractivity contribution < 1.29 is 9.53 Å². The van der Waals surface area contributed by atoms with Gasteiger partial charge in [0.05, 0.1) is 13.7 Å². The molecule has 4 aromatic rings. The predicted molar refractivity (Wildman–Crippen MR) is 159 cm³/mol. The first-order chi connectivity index (χ1) is 19.2. The first-order valence-corrected chi connectivity index (χ1v) is 13.8. The van der Waals surface area contributed by atoms with Crippen LogP contribution >= 0.6 is 0 Å². The number of para-hydroxylation sites is 2. The summed E-state index contributed by atoms with van der Waals surface area (Å²) in [6, 6.07) is 33.5. The van der Waals surface area contributed by atoms with Crippen molar-refractivity contribution in [2.24, 2.45) is 0 Å². The minimum Gasteiger partial charge on any atom is -0.496 e. The van der Waals surface area contributed by atoms with Gasteiger partial charge in [-0.2, -0.15) is 0 Å². The number of hydrogen-bond donors (Lipinski definition) is 2. The minimum atomic E-state index is -0.0287. The summed E-state index contributed by atoms with van der Waals surface area (Å²) in [7, 11) is 1.70. The van der Waals surface area contributed by atoms with E-state index in [4.69, 9.17) is 4.74 Å². The van der Waals surface area contributed by atoms with Crippen molar-refractivity contribution >= 4 is 22.4 Å². The van der Waals surface area contributed by atoms with Crippen LogP contribution in [0.15, 0.2) is 97.1 Å². The van der Waals surface area contributed by atoms with Crippen molar-refractivity contribution in [3.05, 3.63) is 108 Å². The van der Waals surface area contributed by atoms with E-state index < -0.39 is 0 Å². The lowest BCUT2D eigenvalue weighted by molar-refractivity contribution is -0.123. The summed E-state index contributed by atoms with van der Waals surface area (Å²) in [6.45, 7) is 5.38. The maximum atomic E-state index is 13.2. The second-order valence-electron chi connectivity index (χ2n) is 10.2. The minimum absolute atomic E-state index is 0.0287. The van der Waals surface area contributed by atoms with E-state index in [1.807, 2.05) is 24.3 Å². The fourth-order valence-electron chi connectivity index (χ4n) is 5.33. The zero-order valence-corrected chi connectivity index (χ0v) is 22.7. The van der Waals surface area contributed by atoms with Crippen molar-refractivity contribution in [3.8, 4) is 5.75 Å². The molecular weight excluding hydrogens is 484 g/mol. The molecule has 1 unspecified atom stereocenters. The first kappa shape index (κ1) is 26.7. The van der Waals surface area contributed by atoms with E-state index in [2.05, 4.69) is 93.2 Å². The van der Waals surface area contributed by atoms with Crippen LogP contribution in [0.3, 0.4) is 0 Å². The van der Waals surface area contributed by atoms with E-state index in [1.165, 1.54) is 22.0 Å². The van der Waals surface area contributed by atoms with Crippen molar-refractivity contribution in [1.29, 1.82) is 0 Å². The van der Waals surface area contributed by atoms with E-state index in [0.717, 1.165) is 43.9 Å². The summed E-state index contributed by atoms with van der Waals surface area (Å²) in [4.78, 5) is 17.8. The van der Waals surface area contributed by atoms with E-state index in [-0.39, 0.29) is 11.9 Å². The van der Waals surface area contributed by atoms with Gasteiger partial charge in [0.1, 0.15) is 5.75 Å². The third-order valence-electron chi connectivity index (χ3n) is 7.42. The molecule has 0 bridgehead atoms. The first-order valence-electron chi connectivity index (χ1n) is 13.8. The van der Waals surface area contributed by atoms with Gasteiger partial charge >= 0.3 is 0 Å². The van der Waals surface area contributed by atoms with Gasteiger partial charge in [-0.25, -0.2) is 0 Å². The van der Waals surface area contributed by atoms with Gasteiger partial charge < -0.3 is 20.3 Å². The Kier molecular flexibility index (Phi) is 9.09. The van der Waals surface area contributed by atoms with Gasteiger partial charge in [-0.3, -0.25) is 9.69 Å². The second-order valence-corrected chi connectivity index (χ2v) is 10.2. The van der Waals surface area contributed by atoms with Crippen LogP contribution in [0.5, 0.6) is 5.75 Å². The van der Waals surface area contributed by atoms with Crippen molar-refractivity contribution in [3.63, 3.8) is 0 Å². The average molecular weight is 523 g/mol. The Morgan fingerprint density at radius 1 is 0.846 bits per heavy atom. The maximum absolute atomic E-state index is 13.2. The molecule has 6 nitrogen and oxygen atoms in total. The summed E-state index contributed by atoms with van der Waals surface area (Å²) in [6.07, 6.45) is 0.761. The molecule has 1 aliphatic heterocycles. The molecule has 1 amide bonds. The number of methoxy groups -OCH3 is 1. The molecule has 1 saturated heterocycles. The van der Waals surface area contributed by atoms with E-state index >= 15 is 0 Å². The summed E-state index contributed by atoms with van der Waals surface area (Å²) < 4.78 is 5.51. The van der Waals surface area contributed by atoms with E-state index in [0.29, 0.717) is 19.6 Å². The number of ether oxygens (including phenoxy) is 1. The molecule has 6 heteroatoms. The molecule has 1 fully saturated rings. The molecular formula is C33H38N4O2. The average Bonchev–Trinajstić information content (AvgIpc) is 2.98. The zero-order valence-electron chi connectivity index (χ0n) is 22.7. The third kappa shape index (κ3) is 7.37. The third-order valence-corrected chi connectivity index (χ3v) is 7.42. The second kappa shape index (κ2) is 13.3. The number of nitrogens with zero attached hydrogens (tertiary/aromatic N) is 2. The number of piperazine rings is 1. The molecule has 0 spiro atoms. The highest BCUT2D eigenvalue weighted by atomic mass is 16.5. The molecule has 0 aromatic heterocycles. The number of rotatable bonds is 11. The van der Waals surface area contributed by atoms with Crippen LogP contribution in [0.25, 0.3) is 10.8 Å². The lowest BCUT2D eigenvalue weighted by Crippen LogP contribution is -2.52. The molecule has 1 heterocycles. The number of carbonyl (C=O) groups is 1. The molecule has 1 atom stereocenters. The van der Waals surface area contributed by atoms with Gasteiger partial charge in [-0.05, 0) is 41.0 Å². The fraction of sp³-hybridized carbons (Fsp3) is 0.303. The number of nitrogens with one attached hydrogen (secondary N) is 2. The number of carbonyl (C=O) groups excluding carboxylic acids is 1. The topological polar surface area (TPSA) is 56.8 Å². The van der Waals surface area contributed by atoms with Crippen molar-refractivity contribution in [1.82, 2.24) is 15.5 Å². The normalized spacial score (nSPS) is 14.7. The van der Waals surface area contributed by atoms with Gasteiger partial charge in [-0.1, -0.05) is 78.9 Å². The standard InChI is InChI=1S/C33H38N4O2/c1-39-32-14-8-7-11-29(32)23-34-24-30(22-26-15-16-27-9-5-6-10-28(27)21-26)35-33(38)25-36-17-19-37(20-18-36)31-12-3-2-4-13-31/h2-16,21,30,34H,17-20,22-25H2,1H3,(H,35,38). The Labute approximate surface area is 231 Å². The van der Waals surface area contributed by atoms with Gasteiger partial charge in [-0.15, -0.1) is 0 Å². The molecule has 4 aromatic carbocycles. The SMILES string of the molecule is COc1ccccc1CNCC(Cc1ccc2ccccc2c1)NC(=O)CN1CCN(c2ccccc2)CC1. The van der Waals surface area contributed by atoms with Crippen molar-refractivity contribution in [2.45, 2.75) is 19.0 Å². The Balaban J connectivity index is 1.19. The number of fused-ring (bicyclic) bond motifs is 1. The lowest BCUT2D eigenvalue weighted by atomic mass is 10.0. The molecule has 39 heavy (non-hydrogen) atoms. The highest BCUT2D eigenvalue weighted by Crippen LogP contribution is 2.19. The summed E-state index contributed by atoms with van der Waals surface area (Å²) >= 11 is 0. The molecule has 0 saturated carbocycles. The fourth-order valence-corrected chi connectivity index (χ4v) is 5.33. The van der Waals surface area contributed by atoms with Crippen LogP contribution in [-0.2, 0) is 17.8 Å². The van der Waals surface area contributed by atoms with Gasteiger partial charge in [0.25, 0.3) is 0 Å². The van der Waals surface area contributed by atoms with Crippen LogP contribution in [0.2, 0.25) is 0 Å². The van der Waals surface area contributed by atoms with Crippen LogP contribution in [0.1, 0.15) is 11.1 Å². The summed E-state index contributed by atoms with van der Waals surface area (Å²) in [5.74, 6) is 0.947. The van der Waals surface area contributed by atoms with Crippen LogP contribution in [-0.4, -0.2) is 63.2 Å². The zero-order chi connectivity index (χ0) is 26.9. The number of benzene rings is 4. The lowest BCUT2D eigenvalue weighted by Gasteiger charge is -2.36. The smallest absolute Gasteiger partial charge is 0.234 e. The quantitative estimate of drug-likeness (QED) is 0.304. The van der Waals surface area contributed by atoms with E-state index in [1.54, 1.807) is 7.11 Å². The maximum Gasteiger partial charge on any atom is 0.234 e. The predicted octanol–water partition coefficient (Wildman–Crippen LogP) is 4.49. The molecule has 0 radical (unpaired) electrons. The highest BCUT2D eigenvalue weighted by Gasteiger charge is 2.21. The Morgan fingerprint density at radius 3 is 2.36 bits per heavy atom. The number of hydrogen-bond acceptors (Lipinski definition) is 5. The van der Waals surface area contributed by atoms with Gasteiger partial charge in [0.15, 0.2) is 0 Å². The largest absolute Gasteiger partial charge is 0.496 e. The van der Waals surface area contributed by atoms with Crippen molar-refractivity contribution in [2.75, 3.05) is 51.3 Å². The number of anilines is 1. The summed E-state index contributed by atoms with van der Waals surface area (Å²) in [5.41, 5.74) is 3.57. The molecule has 202 valence electrons. The van der Waals surface area contributed by atoms with Crippen LogP contribution in [0, 0.1) is 0 Å².